The smallest absolute Gasteiger partial charge is 0.102 e. The largest absolute Gasteiger partial charge is 0.306 e. The SMILES string of the molecule is N#Cc1c(-c2ccccc2)c(C#N)c(-n2c3ccc(-c4ccccc4)cc3c3cc(-c4ccccc4)ccc32)c(-n2c3ccc(-c4ccccc4)cc3c3cc(-c4ccccc4)ccc32)c1-c1ccccc1. The Bertz CT molecular complexity index is 4100. The topological polar surface area (TPSA) is 57.4 Å². The molecule has 0 spiro atoms. The molecule has 0 aliphatic carbocycles. The van der Waals surface area contributed by atoms with Crippen LogP contribution in [0.5, 0.6) is 0 Å². The van der Waals surface area contributed by atoms with E-state index in [1.807, 2.05) is 72.8 Å². The van der Waals surface area contributed by atoms with Gasteiger partial charge in [0.1, 0.15) is 12.1 Å². The lowest BCUT2D eigenvalue weighted by Gasteiger charge is -2.25. The van der Waals surface area contributed by atoms with Crippen LogP contribution in [0.2, 0.25) is 0 Å². The van der Waals surface area contributed by atoms with E-state index in [2.05, 4.69) is 203 Å². The highest BCUT2D eigenvalue weighted by Crippen LogP contribution is 2.50. The third-order valence-electron chi connectivity index (χ3n) is 14.2. The zero-order chi connectivity index (χ0) is 48.1. The predicted octanol–water partition coefficient (Wildman–Crippen LogP) is 17.6. The lowest BCUT2D eigenvalue weighted by Crippen LogP contribution is -2.12. The Morgan fingerprint density at radius 1 is 0.236 bits per heavy atom. The molecule has 0 saturated heterocycles. The molecule has 0 fully saturated rings. The predicted molar refractivity (Wildman–Crippen MR) is 297 cm³/mol. The summed E-state index contributed by atoms with van der Waals surface area (Å²) in [5.41, 5.74) is 17.9. The fourth-order valence-corrected chi connectivity index (χ4v) is 10.9. The van der Waals surface area contributed by atoms with Crippen LogP contribution in [0.15, 0.2) is 255 Å². The fraction of sp³-hybridized carbons (Fsp3) is 0. The highest BCUT2D eigenvalue weighted by atomic mass is 15.1. The molecule has 0 atom stereocenters. The molecule has 13 rings (SSSR count). The molecule has 13 aromatic rings. The number of benzene rings is 11. The molecule has 4 heteroatoms. The molecule has 0 aliphatic rings. The molecule has 0 amide bonds. The monoisotopic (exact) mass is 914 g/mol. The normalized spacial score (nSPS) is 11.3. The van der Waals surface area contributed by atoms with Gasteiger partial charge in [-0.05, 0) is 104 Å². The lowest BCUT2D eigenvalue weighted by molar-refractivity contribution is 1.09. The van der Waals surface area contributed by atoms with Crippen molar-refractivity contribution in [3.63, 3.8) is 0 Å². The Morgan fingerprint density at radius 2 is 0.500 bits per heavy atom. The third kappa shape index (κ3) is 6.90. The van der Waals surface area contributed by atoms with Crippen molar-refractivity contribution in [2.75, 3.05) is 0 Å². The molecule has 0 aliphatic heterocycles. The second-order valence-electron chi connectivity index (χ2n) is 18.2. The molecule has 334 valence electrons. The average Bonchev–Trinajstić information content (AvgIpc) is 3.96. The number of nitriles is 2. The minimum absolute atomic E-state index is 0.405. The summed E-state index contributed by atoms with van der Waals surface area (Å²) in [6, 6.07) is 94.5. The first-order valence-corrected chi connectivity index (χ1v) is 24.2. The maximum Gasteiger partial charge on any atom is 0.102 e. The van der Waals surface area contributed by atoms with Gasteiger partial charge in [-0.25, -0.2) is 0 Å². The van der Waals surface area contributed by atoms with E-state index in [0.29, 0.717) is 22.4 Å². The second-order valence-corrected chi connectivity index (χ2v) is 18.2. The van der Waals surface area contributed by atoms with Gasteiger partial charge in [-0.15, -0.1) is 0 Å². The van der Waals surface area contributed by atoms with Gasteiger partial charge in [0.15, 0.2) is 0 Å². The first-order chi connectivity index (χ1) is 35.7. The van der Waals surface area contributed by atoms with Crippen molar-refractivity contribution in [2.24, 2.45) is 0 Å². The summed E-state index contributed by atoms with van der Waals surface area (Å²) in [5, 5.41) is 28.1. The molecule has 0 bridgehead atoms. The first kappa shape index (κ1) is 42.1. The van der Waals surface area contributed by atoms with E-state index in [-0.39, 0.29) is 0 Å². The van der Waals surface area contributed by atoms with E-state index in [9.17, 15) is 10.5 Å². The van der Waals surface area contributed by atoms with Crippen LogP contribution in [0, 0.1) is 22.7 Å². The summed E-state index contributed by atoms with van der Waals surface area (Å²) in [7, 11) is 0. The molecule has 4 nitrogen and oxygen atoms in total. The van der Waals surface area contributed by atoms with E-state index >= 15 is 0 Å². The number of rotatable bonds is 8. The number of aromatic nitrogens is 2. The zero-order valence-electron chi connectivity index (χ0n) is 39.0. The van der Waals surface area contributed by atoms with Gasteiger partial charge < -0.3 is 9.13 Å². The standard InChI is InChI=1S/C68H42N4/c69-43-59-65(49-27-15-5-16-28-49)60(44-70)67(71-61-35-31-51(45-19-7-1-8-20-45)39-55(61)56-40-52(32-36-62(56)71)46-21-9-2-10-22-46)68(66(59)50-29-17-6-18-30-50)72-63-37-33-53(47-23-11-3-12-24-47)41-57(63)58-42-54(34-38-64(58)72)48-25-13-4-14-26-48/h1-42H. The summed E-state index contributed by atoms with van der Waals surface area (Å²) in [6.07, 6.45) is 0. The number of fused-ring (bicyclic) bond motifs is 6. The molecule has 11 aromatic carbocycles. The molecule has 0 unspecified atom stereocenters. The van der Waals surface area contributed by atoms with Crippen molar-refractivity contribution in [1.29, 1.82) is 10.5 Å². The van der Waals surface area contributed by atoms with E-state index in [4.69, 9.17) is 0 Å². The van der Waals surface area contributed by atoms with Crippen molar-refractivity contribution >= 4 is 43.6 Å². The van der Waals surface area contributed by atoms with Crippen LogP contribution in [0.4, 0.5) is 0 Å². The first-order valence-electron chi connectivity index (χ1n) is 24.2. The number of hydrogen-bond acceptors (Lipinski definition) is 2. The third-order valence-corrected chi connectivity index (χ3v) is 14.2. The Hall–Kier alpha value is -10.0. The summed E-state index contributed by atoms with van der Waals surface area (Å²) < 4.78 is 4.63. The fourth-order valence-electron chi connectivity index (χ4n) is 10.9. The van der Waals surface area contributed by atoms with E-state index < -0.39 is 0 Å². The van der Waals surface area contributed by atoms with E-state index in [1.165, 1.54) is 0 Å². The van der Waals surface area contributed by atoms with Gasteiger partial charge in [-0.2, -0.15) is 10.5 Å². The summed E-state index contributed by atoms with van der Waals surface area (Å²) in [6.45, 7) is 0. The van der Waals surface area contributed by atoms with Crippen LogP contribution >= 0.6 is 0 Å². The molecular weight excluding hydrogens is 873 g/mol. The summed E-state index contributed by atoms with van der Waals surface area (Å²) in [5.74, 6) is 0. The Morgan fingerprint density at radius 3 is 0.792 bits per heavy atom. The molecule has 2 aromatic heterocycles. The Labute approximate surface area is 417 Å². The average molecular weight is 915 g/mol. The van der Waals surface area contributed by atoms with Gasteiger partial charge in [0, 0.05) is 32.7 Å². The van der Waals surface area contributed by atoms with Crippen LogP contribution in [-0.2, 0) is 0 Å². The van der Waals surface area contributed by atoms with E-state index in [0.717, 1.165) is 110 Å². The van der Waals surface area contributed by atoms with Crippen molar-refractivity contribution < 1.29 is 0 Å². The van der Waals surface area contributed by atoms with Gasteiger partial charge in [0.2, 0.25) is 0 Å². The Balaban J connectivity index is 1.25. The van der Waals surface area contributed by atoms with Gasteiger partial charge >= 0.3 is 0 Å². The van der Waals surface area contributed by atoms with Crippen molar-refractivity contribution in [2.45, 2.75) is 0 Å². The summed E-state index contributed by atoms with van der Waals surface area (Å²) in [4.78, 5) is 0. The van der Waals surface area contributed by atoms with Crippen LogP contribution in [0.25, 0.3) is 122 Å². The van der Waals surface area contributed by atoms with Crippen LogP contribution in [0.3, 0.4) is 0 Å². The molecule has 0 saturated carbocycles. The van der Waals surface area contributed by atoms with Gasteiger partial charge in [0.05, 0.1) is 44.6 Å². The van der Waals surface area contributed by atoms with Crippen molar-refractivity contribution in [1.82, 2.24) is 9.13 Å². The van der Waals surface area contributed by atoms with Crippen LogP contribution in [0.1, 0.15) is 11.1 Å². The van der Waals surface area contributed by atoms with Crippen molar-refractivity contribution in [3.8, 4) is 90.3 Å². The highest BCUT2D eigenvalue weighted by molar-refractivity contribution is 6.16. The second kappa shape index (κ2) is 17.5. The van der Waals surface area contributed by atoms with Crippen molar-refractivity contribution in [3.05, 3.63) is 266 Å². The molecule has 0 N–H and O–H groups in total. The number of hydrogen-bond donors (Lipinski definition) is 0. The lowest BCUT2D eigenvalue weighted by atomic mass is 9.85. The van der Waals surface area contributed by atoms with Gasteiger partial charge in [0.25, 0.3) is 0 Å². The minimum atomic E-state index is 0.405. The summed E-state index contributed by atoms with van der Waals surface area (Å²) >= 11 is 0. The van der Waals surface area contributed by atoms with E-state index in [1.54, 1.807) is 0 Å². The van der Waals surface area contributed by atoms with Gasteiger partial charge in [-0.1, -0.05) is 206 Å². The zero-order valence-corrected chi connectivity index (χ0v) is 39.0. The Kier molecular flexibility index (Phi) is 10.2. The number of nitrogens with zero attached hydrogens (tertiary/aromatic N) is 4. The molecule has 0 radical (unpaired) electrons. The maximum atomic E-state index is 12.1. The highest BCUT2D eigenvalue weighted by Gasteiger charge is 2.32. The van der Waals surface area contributed by atoms with Crippen LogP contribution < -0.4 is 0 Å². The minimum Gasteiger partial charge on any atom is -0.306 e. The quantitative estimate of drug-likeness (QED) is 0.152. The molecule has 2 heterocycles. The van der Waals surface area contributed by atoms with Crippen LogP contribution in [-0.4, -0.2) is 9.13 Å². The van der Waals surface area contributed by atoms with Gasteiger partial charge in [-0.3, -0.25) is 0 Å². The molecular formula is C68H42N4. The maximum absolute atomic E-state index is 12.1. The molecule has 72 heavy (non-hydrogen) atoms.